The van der Waals surface area contributed by atoms with Crippen molar-refractivity contribution in [2.75, 3.05) is 6.54 Å². The zero-order valence-electron chi connectivity index (χ0n) is 11.6. The van der Waals surface area contributed by atoms with Gasteiger partial charge in [-0.25, -0.2) is 9.87 Å². The first-order valence-electron chi connectivity index (χ1n) is 6.62. The van der Waals surface area contributed by atoms with Crippen LogP contribution in [0.15, 0.2) is 30.3 Å². The molecule has 0 aliphatic carbocycles. The van der Waals surface area contributed by atoms with E-state index in [4.69, 9.17) is 5.21 Å². The van der Waals surface area contributed by atoms with Gasteiger partial charge in [-0.15, -0.1) is 0 Å². The summed E-state index contributed by atoms with van der Waals surface area (Å²) in [6, 6.07) is 7.33. The van der Waals surface area contributed by atoms with E-state index in [0.717, 1.165) is 0 Å². The lowest BCUT2D eigenvalue weighted by atomic mass is 10.1. The zero-order chi connectivity index (χ0) is 15.9. The van der Waals surface area contributed by atoms with Crippen LogP contribution in [-0.2, 0) is 4.79 Å². The molecule has 4 N–H and O–H groups in total. The van der Waals surface area contributed by atoms with E-state index in [0.29, 0.717) is 17.7 Å². The molecule has 0 aliphatic rings. The summed E-state index contributed by atoms with van der Waals surface area (Å²) < 4.78 is 12.9. The van der Waals surface area contributed by atoms with Gasteiger partial charge in [0, 0.05) is 18.5 Å². The summed E-state index contributed by atoms with van der Waals surface area (Å²) in [6.45, 7) is 0.289. The van der Waals surface area contributed by atoms with Crippen molar-refractivity contribution in [2.24, 2.45) is 0 Å². The number of nitrogens with one attached hydrogen (secondary N) is 3. The topological polar surface area (TPSA) is 107 Å². The zero-order valence-corrected chi connectivity index (χ0v) is 11.6. The number of carbonyl (C=O) groups excluding carboxylic acids is 2. The molecule has 0 saturated heterocycles. The Morgan fingerprint density at radius 3 is 2.68 bits per heavy atom. The number of halogens is 1. The van der Waals surface area contributed by atoms with Crippen molar-refractivity contribution in [3.63, 3.8) is 0 Å². The number of nitrogens with zero attached hydrogens (tertiary/aromatic N) is 1. The Balaban J connectivity index is 1.89. The molecule has 2 aromatic rings. The molecule has 0 radical (unpaired) electrons. The van der Waals surface area contributed by atoms with Crippen molar-refractivity contribution in [1.29, 1.82) is 0 Å². The van der Waals surface area contributed by atoms with Crippen LogP contribution in [0.5, 0.6) is 0 Å². The molecule has 8 heteroatoms. The molecule has 0 fully saturated rings. The van der Waals surface area contributed by atoms with Gasteiger partial charge in [0.05, 0.1) is 5.69 Å². The Morgan fingerprint density at radius 1 is 1.27 bits per heavy atom. The fourth-order valence-electron chi connectivity index (χ4n) is 1.81. The monoisotopic (exact) mass is 306 g/mol. The van der Waals surface area contributed by atoms with Crippen molar-refractivity contribution in [2.45, 2.75) is 12.8 Å². The van der Waals surface area contributed by atoms with Crippen LogP contribution in [0.2, 0.25) is 0 Å². The van der Waals surface area contributed by atoms with Crippen LogP contribution in [-0.4, -0.2) is 33.8 Å². The van der Waals surface area contributed by atoms with Crippen molar-refractivity contribution < 1.29 is 19.2 Å². The number of hydrogen-bond acceptors (Lipinski definition) is 4. The number of hydroxylamine groups is 1. The highest BCUT2D eigenvalue weighted by Crippen LogP contribution is 2.17. The van der Waals surface area contributed by atoms with E-state index in [1.54, 1.807) is 18.2 Å². The van der Waals surface area contributed by atoms with Crippen LogP contribution >= 0.6 is 0 Å². The Labute approximate surface area is 125 Å². The molecule has 0 atom stereocenters. The smallest absolute Gasteiger partial charge is 0.269 e. The predicted octanol–water partition coefficient (Wildman–Crippen LogP) is 1.23. The third kappa shape index (κ3) is 4.13. The normalized spacial score (nSPS) is 10.3. The Kier molecular flexibility index (Phi) is 5.21. The summed E-state index contributed by atoms with van der Waals surface area (Å²) in [5.74, 6) is -1.20. The van der Waals surface area contributed by atoms with Crippen LogP contribution in [0.3, 0.4) is 0 Å². The van der Waals surface area contributed by atoms with E-state index in [1.807, 2.05) is 0 Å². The third-order valence-electron chi connectivity index (χ3n) is 2.95. The van der Waals surface area contributed by atoms with Gasteiger partial charge in [-0.2, -0.15) is 5.10 Å². The number of aromatic nitrogens is 2. The lowest BCUT2D eigenvalue weighted by molar-refractivity contribution is -0.129. The molecular formula is C14H15FN4O3. The van der Waals surface area contributed by atoms with Gasteiger partial charge in [-0.3, -0.25) is 19.9 Å². The lowest BCUT2D eigenvalue weighted by Gasteiger charge is -2.02. The van der Waals surface area contributed by atoms with Gasteiger partial charge < -0.3 is 5.32 Å². The summed E-state index contributed by atoms with van der Waals surface area (Å²) in [6.07, 6.45) is 0.512. The largest absolute Gasteiger partial charge is 0.351 e. The first-order valence-corrected chi connectivity index (χ1v) is 6.62. The number of H-pyrrole nitrogens is 1. The molecule has 2 amide bonds. The maximum Gasteiger partial charge on any atom is 0.269 e. The van der Waals surface area contributed by atoms with Gasteiger partial charge in [0.25, 0.3) is 5.91 Å². The summed E-state index contributed by atoms with van der Waals surface area (Å²) in [4.78, 5) is 22.7. The number of aromatic amines is 1. The average molecular weight is 306 g/mol. The number of hydrogen-bond donors (Lipinski definition) is 4. The van der Waals surface area contributed by atoms with E-state index >= 15 is 0 Å². The fourth-order valence-corrected chi connectivity index (χ4v) is 1.81. The summed E-state index contributed by atoms with van der Waals surface area (Å²) >= 11 is 0. The van der Waals surface area contributed by atoms with Gasteiger partial charge in [-0.05, 0) is 36.8 Å². The maximum absolute atomic E-state index is 12.9. The second kappa shape index (κ2) is 7.32. The maximum atomic E-state index is 12.9. The first kappa shape index (κ1) is 15.6. The number of benzene rings is 1. The Bertz CT molecular complexity index is 654. The molecule has 0 aliphatic heterocycles. The molecule has 7 nitrogen and oxygen atoms in total. The summed E-state index contributed by atoms with van der Waals surface area (Å²) in [7, 11) is 0. The summed E-state index contributed by atoms with van der Waals surface area (Å²) in [5, 5.41) is 17.6. The fraction of sp³-hybridized carbons (Fsp3) is 0.214. The van der Waals surface area contributed by atoms with Crippen LogP contribution in [0.1, 0.15) is 23.3 Å². The minimum Gasteiger partial charge on any atom is -0.351 e. The van der Waals surface area contributed by atoms with Crippen molar-refractivity contribution in [1.82, 2.24) is 21.0 Å². The van der Waals surface area contributed by atoms with Gasteiger partial charge in [0.2, 0.25) is 5.91 Å². The van der Waals surface area contributed by atoms with Crippen LogP contribution < -0.4 is 10.8 Å². The number of amides is 2. The molecule has 1 heterocycles. The molecule has 0 spiro atoms. The molecular weight excluding hydrogens is 291 g/mol. The molecule has 2 rings (SSSR count). The standard InChI is InChI=1S/C14H15FN4O3/c15-10-5-3-9(4-6-10)11-8-12(18-17-11)14(21)16-7-1-2-13(20)19-22/h3-6,8,22H,1-2,7H2,(H,16,21)(H,17,18)(H,19,20). The highest BCUT2D eigenvalue weighted by molar-refractivity contribution is 5.93. The molecule has 0 bridgehead atoms. The van der Waals surface area contributed by atoms with E-state index in [1.165, 1.54) is 17.6 Å². The first-order chi connectivity index (χ1) is 10.6. The summed E-state index contributed by atoms with van der Waals surface area (Å²) in [5.41, 5.74) is 3.01. The lowest BCUT2D eigenvalue weighted by Crippen LogP contribution is -2.26. The predicted molar refractivity (Wildman–Crippen MR) is 75.5 cm³/mol. The van der Waals surface area contributed by atoms with Gasteiger partial charge >= 0.3 is 0 Å². The number of carbonyl (C=O) groups is 2. The second-order valence-electron chi connectivity index (χ2n) is 4.57. The van der Waals surface area contributed by atoms with E-state index in [-0.39, 0.29) is 30.4 Å². The van der Waals surface area contributed by atoms with Gasteiger partial charge in [0.1, 0.15) is 11.5 Å². The van der Waals surface area contributed by atoms with E-state index in [2.05, 4.69) is 15.5 Å². The minimum atomic E-state index is -0.505. The second-order valence-corrected chi connectivity index (χ2v) is 4.57. The third-order valence-corrected chi connectivity index (χ3v) is 2.95. The SMILES string of the molecule is O=C(CCCNC(=O)c1cc(-c2ccc(F)cc2)n[nH]1)NO. The van der Waals surface area contributed by atoms with Crippen LogP contribution in [0.4, 0.5) is 4.39 Å². The molecule has 116 valence electrons. The highest BCUT2D eigenvalue weighted by Gasteiger charge is 2.11. The van der Waals surface area contributed by atoms with Crippen molar-refractivity contribution >= 4 is 11.8 Å². The number of rotatable bonds is 6. The Hall–Kier alpha value is -2.74. The van der Waals surface area contributed by atoms with Crippen molar-refractivity contribution in [3.8, 4) is 11.3 Å². The molecule has 0 unspecified atom stereocenters. The van der Waals surface area contributed by atoms with E-state index < -0.39 is 5.91 Å². The highest BCUT2D eigenvalue weighted by atomic mass is 19.1. The molecule has 22 heavy (non-hydrogen) atoms. The van der Waals surface area contributed by atoms with Gasteiger partial charge in [-0.1, -0.05) is 0 Å². The van der Waals surface area contributed by atoms with Crippen LogP contribution in [0, 0.1) is 5.82 Å². The quantitative estimate of drug-likeness (QED) is 0.366. The average Bonchev–Trinajstić information content (AvgIpc) is 3.01. The molecule has 1 aromatic carbocycles. The van der Waals surface area contributed by atoms with E-state index in [9.17, 15) is 14.0 Å². The minimum absolute atomic E-state index is 0.112. The van der Waals surface area contributed by atoms with Crippen LogP contribution in [0.25, 0.3) is 11.3 Å². The van der Waals surface area contributed by atoms with Crippen molar-refractivity contribution in [3.05, 3.63) is 41.8 Å². The van der Waals surface area contributed by atoms with Gasteiger partial charge in [0.15, 0.2) is 0 Å². The molecule has 1 aromatic heterocycles. The Morgan fingerprint density at radius 2 is 2.00 bits per heavy atom. The molecule has 0 saturated carbocycles.